The highest BCUT2D eigenvalue weighted by molar-refractivity contribution is 5.57. The number of hydrogen-bond acceptors (Lipinski definition) is 3. The van der Waals surface area contributed by atoms with Crippen LogP contribution in [0, 0.1) is 0 Å². The van der Waals surface area contributed by atoms with Crippen molar-refractivity contribution in [3.8, 4) is 0 Å². The maximum Gasteiger partial charge on any atom is 0.0588 e. The number of ether oxygens (including phenoxy) is 1. The summed E-state index contributed by atoms with van der Waals surface area (Å²) in [5.41, 5.74) is 2.77. The van der Waals surface area contributed by atoms with E-state index in [1.165, 1.54) is 24.1 Å². The zero-order chi connectivity index (χ0) is 12.2. The predicted molar refractivity (Wildman–Crippen MR) is 74.1 cm³/mol. The molecule has 1 saturated heterocycles. The fraction of sp³-hybridized carbons (Fsp3) is 0.600. The highest BCUT2D eigenvalue weighted by Crippen LogP contribution is 2.30. The molecule has 1 aromatic rings. The van der Waals surface area contributed by atoms with Crippen LogP contribution in [0.5, 0.6) is 0 Å². The Morgan fingerprint density at radius 1 is 1.33 bits per heavy atom. The second kappa shape index (κ2) is 5.72. The molecule has 3 nitrogen and oxygen atoms in total. The monoisotopic (exact) mass is 246 g/mol. The quantitative estimate of drug-likeness (QED) is 0.782. The number of anilines is 1. The van der Waals surface area contributed by atoms with Gasteiger partial charge in [-0.05, 0) is 37.4 Å². The molecule has 2 unspecified atom stereocenters. The molecule has 98 valence electrons. The van der Waals surface area contributed by atoms with Gasteiger partial charge in [0.25, 0.3) is 0 Å². The van der Waals surface area contributed by atoms with Crippen molar-refractivity contribution in [2.24, 2.45) is 0 Å². The van der Waals surface area contributed by atoms with E-state index in [0.29, 0.717) is 12.0 Å². The number of benzene rings is 1. The molecule has 2 aliphatic heterocycles. The fourth-order valence-electron chi connectivity index (χ4n) is 2.95. The van der Waals surface area contributed by atoms with E-state index in [0.717, 1.165) is 32.7 Å². The summed E-state index contributed by atoms with van der Waals surface area (Å²) >= 11 is 0. The van der Waals surface area contributed by atoms with Crippen LogP contribution < -0.4 is 10.6 Å². The van der Waals surface area contributed by atoms with Gasteiger partial charge in [-0.15, -0.1) is 0 Å². The van der Waals surface area contributed by atoms with Crippen LogP contribution in [0.25, 0.3) is 0 Å². The zero-order valence-electron chi connectivity index (χ0n) is 10.8. The van der Waals surface area contributed by atoms with Gasteiger partial charge in [0.05, 0.1) is 6.10 Å². The van der Waals surface area contributed by atoms with E-state index >= 15 is 0 Å². The molecule has 0 radical (unpaired) electrons. The van der Waals surface area contributed by atoms with Gasteiger partial charge < -0.3 is 15.4 Å². The standard InChI is InChI=1S/C15H22N2O/c1-2-6-15-14(5-1)12(11-17-15)10-16-8-7-13-4-3-9-18-13/h1-2,5-6,12-13,16-17H,3-4,7-11H2. The molecular weight excluding hydrogens is 224 g/mol. The Hall–Kier alpha value is -1.06. The van der Waals surface area contributed by atoms with Gasteiger partial charge in [-0.1, -0.05) is 18.2 Å². The van der Waals surface area contributed by atoms with E-state index in [-0.39, 0.29) is 0 Å². The van der Waals surface area contributed by atoms with Crippen molar-refractivity contribution in [2.75, 3.05) is 31.6 Å². The minimum absolute atomic E-state index is 0.506. The summed E-state index contributed by atoms with van der Waals surface area (Å²) in [7, 11) is 0. The lowest BCUT2D eigenvalue weighted by Gasteiger charge is -2.13. The molecule has 3 rings (SSSR count). The lowest BCUT2D eigenvalue weighted by Crippen LogP contribution is -2.26. The van der Waals surface area contributed by atoms with Crippen molar-refractivity contribution in [2.45, 2.75) is 31.3 Å². The molecule has 0 aromatic heterocycles. The number of fused-ring (bicyclic) bond motifs is 1. The van der Waals surface area contributed by atoms with Crippen LogP contribution in [0.2, 0.25) is 0 Å². The molecule has 2 N–H and O–H groups in total. The Morgan fingerprint density at radius 3 is 3.17 bits per heavy atom. The Kier molecular flexibility index (Phi) is 3.81. The molecule has 18 heavy (non-hydrogen) atoms. The third kappa shape index (κ3) is 2.68. The number of nitrogens with one attached hydrogen (secondary N) is 2. The first kappa shape index (κ1) is 12.0. The minimum Gasteiger partial charge on any atom is -0.384 e. The zero-order valence-corrected chi connectivity index (χ0v) is 10.8. The van der Waals surface area contributed by atoms with Crippen LogP contribution >= 0.6 is 0 Å². The van der Waals surface area contributed by atoms with Gasteiger partial charge in [0.15, 0.2) is 0 Å². The third-order valence-corrected chi connectivity index (χ3v) is 4.00. The predicted octanol–water partition coefficient (Wildman–Crippen LogP) is 2.35. The minimum atomic E-state index is 0.506. The van der Waals surface area contributed by atoms with Crippen molar-refractivity contribution >= 4 is 5.69 Å². The van der Waals surface area contributed by atoms with Crippen molar-refractivity contribution in [1.82, 2.24) is 5.32 Å². The first-order chi connectivity index (χ1) is 8.93. The largest absolute Gasteiger partial charge is 0.384 e. The molecule has 0 amide bonds. The molecule has 0 saturated carbocycles. The van der Waals surface area contributed by atoms with Gasteiger partial charge in [0.2, 0.25) is 0 Å². The summed E-state index contributed by atoms with van der Waals surface area (Å²) in [5, 5.41) is 7.04. The van der Waals surface area contributed by atoms with Crippen LogP contribution in [0.1, 0.15) is 30.7 Å². The summed E-state index contributed by atoms with van der Waals surface area (Å²) in [4.78, 5) is 0. The molecule has 3 heteroatoms. The highest BCUT2D eigenvalue weighted by Gasteiger charge is 2.21. The molecule has 1 aromatic carbocycles. The van der Waals surface area contributed by atoms with Crippen molar-refractivity contribution in [3.63, 3.8) is 0 Å². The van der Waals surface area contributed by atoms with Gasteiger partial charge in [0, 0.05) is 31.3 Å². The summed E-state index contributed by atoms with van der Waals surface area (Å²) in [5.74, 6) is 0.616. The van der Waals surface area contributed by atoms with Gasteiger partial charge in [-0.2, -0.15) is 0 Å². The Balaban J connectivity index is 1.41. The van der Waals surface area contributed by atoms with Gasteiger partial charge in [0.1, 0.15) is 0 Å². The third-order valence-electron chi connectivity index (χ3n) is 4.00. The molecule has 0 spiro atoms. The van der Waals surface area contributed by atoms with E-state index in [1.807, 2.05) is 0 Å². The van der Waals surface area contributed by atoms with E-state index in [9.17, 15) is 0 Å². The molecule has 0 bridgehead atoms. The lowest BCUT2D eigenvalue weighted by molar-refractivity contribution is 0.104. The summed E-state index contributed by atoms with van der Waals surface area (Å²) < 4.78 is 5.63. The van der Waals surface area contributed by atoms with Crippen LogP contribution in [0.3, 0.4) is 0 Å². The molecule has 1 fully saturated rings. The van der Waals surface area contributed by atoms with Crippen molar-refractivity contribution in [3.05, 3.63) is 29.8 Å². The SMILES string of the molecule is c1ccc2c(c1)NCC2CNCCC1CCCO1. The summed E-state index contributed by atoms with van der Waals surface area (Å²) in [6.07, 6.45) is 4.15. The number of para-hydroxylation sites is 1. The van der Waals surface area contributed by atoms with E-state index in [2.05, 4.69) is 34.9 Å². The Labute approximate surface area is 109 Å². The van der Waals surface area contributed by atoms with Crippen LogP contribution in [0.15, 0.2) is 24.3 Å². The average molecular weight is 246 g/mol. The maximum absolute atomic E-state index is 5.63. The number of hydrogen-bond donors (Lipinski definition) is 2. The van der Waals surface area contributed by atoms with Crippen LogP contribution in [-0.2, 0) is 4.74 Å². The Morgan fingerprint density at radius 2 is 2.28 bits per heavy atom. The van der Waals surface area contributed by atoms with E-state index < -0.39 is 0 Å². The van der Waals surface area contributed by atoms with Crippen LogP contribution in [0.4, 0.5) is 5.69 Å². The van der Waals surface area contributed by atoms with Gasteiger partial charge in [-0.25, -0.2) is 0 Å². The second-order valence-corrected chi connectivity index (χ2v) is 5.29. The maximum atomic E-state index is 5.63. The molecule has 2 heterocycles. The van der Waals surface area contributed by atoms with Crippen molar-refractivity contribution < 1.29 is 4.74 Å². The molecular formula is C15H22N2O. The topological polar surface area (TPSA) is 33.3 Å². The summed E-state index contributed by atoms with van der Waals surface area (Å²) in [6.45, 7) is 4.16. The first-order valence-electron chi connectivity index (χ1n) is 7.08. The van der Waals surface area contributed by atoms with Crippen LogP contribution in [-0.4, -0.2) is 32.3 Å². The Bertz CT molecular complexity index is 388. The number of rotatable bonds is 5. The normalized spacial score (nSPS) is 26.0. The fourth-order valence-corrected chi connectivity index (χ4v) is 2.95. The van der Waals surface area contributed by atoms with E-state index in [4.69, 9.17) is 4.74 Å². The first-order valence-corrected chi connectivity index (χ1v) is 7.08. The molecule has 2 aliphatic rings. The van der Waals surface area contributed by atoms with Gasteiger partial charge in [-0.3, -0.25) is 0 Å². The smallest absolute Gasteiger partial charge is 0.0588 e. The van der Waals surface area contributed by atoms with E-state index in [1.54, 1.807) is 0 Å². The molecule has 2 atom stereocenters. The molecule has 0 aliphatic carbocycles. The average Bonchev–Trinajstić information content (AvgIpc) is 3.04. The van der Waals surface area contributed by atoms with Gasteiger partial charge >= 0.3 is 0 Å². The second-order valence-electron chi connectivity index (χ2n) is 5.29. The summed E-state index contributed by atoms with van der Waals surface area (Å²) in [6, 6.07) is 8.63. The highest BCUT2D eigenvalue weighted by atomic mass is 16.5. The lowest BCUT2D eigenvalue weighted by atomic mass is 10.0. The van der Waals surface area contributed by atoms with Crippen molar-refractivity contribution in [1.29, 1.82) is 0 Å².